The number of halogens is 1. The zero-order valence-corrected chi connectivity index (χ0v) is 12.7. The maximum Gasteiger partial charge on any atom is 0.174 e. The second-order valence-corrected chi connectivity index (χ2v) is 4.83. The van der Waals surface area contributed by atoms with E-state index in [1.807, 2.05) is 31.2 Å². The van der Waals surface area contributed by atoms with Gasteiger partial charge in [0, 0.05) is 11.1 Å². The highest BCUT2D eigenvalue weighted by atomic mass is 79.9. The molecule has 1 atom stereocenters. The minimum Gasteiger partial charge on any atom is -0.494 e. The van der Waals surface area contributed by atoms with E-state index >= 15 is 0 Å². The lowest BCUT2D eigenvalue weighted by atomic mass is 10.00. The quantitative estimate of drug-likeness (QED) is 0.867. The van der Waals surface area contributed by atoms with Gasteiger partial charge in [-0.3, -0.25) is 0 Å². The molecular formula is C15H18BrNO2. The number of rotatable bonds is 6. The fourth-order valence-corrected chi connectivity index (χ4v) is 2.58. The summed E-state index contributed by atoms with van der Waals surface area (Å²) in [4.78, 5) is 0. The Morgan fingerprint density at radius 2 is 2.00 bits per heavy atom. The summed E-state index contributed by atoms with van der Waals surface area (Å²) in [5.74, 6) is 0.907. The molecule has 0 aliphatic carbocycles. The predicted molar refractivity (Wildman–Crippen MR) is 79.5 cm³/mol. The first-order valence-corrected chi connectivity index (χ1v) is 7.25. The van der Waals surface area contributed by atoms with Gasteiger partial charge in [-0.2, -0.15) is 0 Å². The molecule has 1 heterocycles. The van der Waals surface area contributed by atoms with Gasteiger partial charge in [0.2, 0.25) is 0 Å². The Hall–Kier alpha value is -1.26. The first kappa shape index (κ1) is 14.2. The fraction of sp³-hybridized carbons (Fsp3) is 0.333. The van der Waals surface area contributed by atoms with Crippen molar-refractivity contribution in [3.05, 3.63) is 52.4 Å². The van der Waals surface area contributed by atoms with E-state index in [2.05, 4.69) is 34.2 Å². The van der Waals surface area contributed by atoms with Crippen molar-refractivity contribution in [3.63, 3.8) is 0 Å². The smallest absolute Gasteiger partial charge is 0.174 e. The van der Waals surface area contributed by atoms with Crippen LogP contribution < -0.4 is 10.1 Å². The minimum atomic E-state index is 0.0564. The topological polar surface area (TPSA) is 34.4 Å². The molecule has 3 nitrogen and oxygen atoms in total. The third-order valence-electron chi connectivity index (χ3n) is 2.90. The lowest BCUT2D eigenvalue weighted by Gasteiger charge is -2.20. The molecule has 102 valence electrons. The standard InChI is InChI=1S/C15H18BrNO2/c1-3-17-14(12-9-10-19-15(12)16)11-7-5-6-8-13(11)18-4-2/h5-10,14,17H,3-4H2,1-2H3. The third-order valence-corrected chi connectivity index (χ3v) is 3.54. The maximum absolute atomic E-state index is 5.72. The van der Waals surface area contributed by atoms with E-state index in [9.17, 15) is 0 Å². The Labute approximate surface area is 122 Å². The SMILES string of the molecule is CCNC(c1ccccc1OCC)c1ccoc1Br. The van der Waals surface area contributed by atoms with Crippen LogP contribution in [0.2, 0.25) is 0 Å². The Morgan fingerprint density at radius 3 is 2.63 bits per heavy atom. The van der Waals surface area contributed by atoms with Gasteiger partial charge < -0.3 is 14.5 Å². The summed E-state index contributed by atoms with van der Waals surface area (Å²) < 4.78 is 11.8. The second kappa shape index (κ2) is 6.78. The summed E-state index contributed by atoms with van der Waals surface area (Å²) >= 11 is 3.45. The van der Waals surface area contributed by atoms with Crippen LogP contribution in [-0.2, 0) is 0 Å². The van der Waals surface area contributed by atoms with Crippen LogP contribution in [0, 0.1) is 0 Å². The van der Waals surface area contributed by atoms with Crippen molar-refractivity contribution >= 4 is 15.9 Å². The van der Waals surface area contributed by atoms with Gasteiger partial charge in [-0.05, 0) is 41.5 Å². The Balaban J connectivity index is 2.42. The Kier molecular flexibility index (Phi) is 5.05. The van der Waals surface area contributed by atoms with E-state index in [0.29, 0.717) is 6.61 Å². The molecule has 2 rings (SSSR count). The molecular weight excluding hydrogens is 306 g/mol. The lowest BCUT2D eigenvalue weighted by molar-refractivity contribution is 0.333. The number of benzene rings is 1. The van der Waals surface area contributed by atoms with Crippen molar-refractivity contribution < 1.29 is 9.15 Å². The monoisotopic (exact) mass is 323 g/mol. The minimum absolute atomic E-state index is 0.0564. The molecule has 0 spiro atoms. The van der Waals surface area contributed by atoms with E-state index in [1.54, 1.807) is 6.26 Å². The zero-order chi connectivity index (χ0) is 13.7. The van der Waals surface area contributed by atoms with Crippen LogP contribution in [0.15, 0.2) is 45.7 Å². The van der Waals surface area contributed by atoms with E-state index in [-0.39, 0.29) is 6.04 Å². The molecule has 0 aliphatic heterocycles. The van der Waals surface area contributed by atoms with Crippen LogP contribution in [0.3, 0.4) is 0 Å². The molecule has 0 radical (unpaired) electrons. The Morgan fingerprint density at radius 1 is 1.21 bits per heavy atom. The molecule has 1 aromatic carbocycles. The average molecular weight is 324 g/mol. The molecule has 0 amide bonds. The first-order valence-electron chi connectivity index (χ1n) is 6.45. The van der Waals surface area contributed by atoms with E-state index < -0.39 is 0 Å². The largest absolute Gasteiger partial charge is 0.494 e. The van der Waals surface area contributed by atoms with Crippen molar-refractivity contribution in [2.24, 2.45) is 0 Å². The molecule has 4 heteroatoms. The summed E-state index contributed by atoms with van der Waals surface area (Å²) in [6, 6.07) is 10.1. The van der Waals surface area contributed by atoms with Gasteiger partial charge >= 0.3 is 0 Å². The van der Waals surface area contributed by atoms with Gasteiger partial charge in [0.15, 0.2) is 4.67 Å². The normalized spacial score (nSPS) is 12.4. The second-order valence-electron chi connectivity index (χ2n) is 4.11. The van der Waals surface area contributed by atoms with Crippen molar-refractivity contribution in [1.82, 2.24) is 5.32 Å². The zero-order valence-electron chi connectivity index (χ0n) is 11.2. The molecule has 0 saturated heterocycles. The highest BCUT2D eigenvalue weighted by molar-refractivity contribution is 9.10. The number of hydrogen-bond donors (Lipinski definition) is 1. The van der Waals surface area contributed by atoms with Crippen LogP contribution in [0.5, 0.6) is 5.75 Å². The Bertz CT molecular complexity index is 524. The molecule has 19 heavy (non-hydrogen) atoms. The lowest BCUT2D eigenvalue weighted by Crippen LogP contribution is -2.22. The maximum atomic E-state index is 5.72. The van der Waals surface area contributed by atoms with E-state index in [0.717, 1.165) is 28.1 Å². The fourth-order valence-electron chi connectivity index (χ4n) is 2.11. The average Bonchev–Trinajstić information content (AvgIpc) is 2.84. The molecule has 0 saturated carbocycles. The molecule has 2 aromatic rings. The molecule has 1 aromatic heterocycles. The molecule has 0 bridgehead atoms. The van der Waals surface area contributed by atoms with Crippen LogP contribution in [-0.4, -0.2) is 13.2 Å². The predicted octanol–water partition coefficient (Wildman–Crippen LogP) is 4.14. The van der Waals surface area contributed by atoms with Gasteiger partial charge in [-0.1, -0.05) is 25.1 Å². The van der Waals surface area contributed by atoms with Crippen molar-refractivity contribution in [2.75, 3.05) is 13.2 Å². The summed E-state index contributed by atoms with van der Waals surface area (Å²) in [6.07, 6.45) is 1.69. The number of furan rings is 1. The molecule has 0 fully saturated rings. The number of nitrogens with one attached hydrogen (secondary N) is 1. The molecule has 1 N–H and O–H groups in total. The van der Waals surface area contributed by atoms with E-state index in [1.165, 1.54) is 0 Å². The highest BCUT2D eigenvalue weighted by Gasteiger charge is 2.21. The summed E-state index contributed by atoms with van der Waals surface area (Å²) in [5.41, 5.74) is 2.20. The highest BCUT2D eigenvalue weighted by Crippen LogP contribution is 2.34. The summed E-state index contributed by atoms with van der Waals surface area (Å²) in [5, 5.41) is 3.47. The van der Waals surface area contributed by atoms with Gasteiger partial charge in [0.1, 0.15) is 5.75 Å². The van der Waals surface area contributed by atoms with Gasteiger partial charge in [-0.15, -0.1) is 0 Å². The third kappa shape index (κ3) is 3.19. The summed E-state index contributed by atoms with van der Waals surface area (Å²) in [6.45, 7) is 5.60. The number of hydrogen-bond acceptors (Lipinski definition) is 3. The van der Waals surface area contributed by atoms with Gasteiger partial charge in [-0.25, -0.2) is 0 Å². The van der Waals surface area contributed by atoms with Gasteiger partial charge in [0.25, 0.3) is 0 Å². The molecule has 0 aliphatic rings. The van der Waals surface area contributed by atoms with E-state index in [4.69, 9.17) is 9.15 Å². The number of para-hydroxylation sites is 1. The van der Waals surface area contributed by atoms with Crippen LogP contribution in [0.25, 0.3) is 0 Å². The number of ether oxygens (including phenoxy) is 1. The molecule has 1 unspecified atom stereocenters. The first-order chi connectivity index (χ1) is 9.27. The van der Waals surface area contributed by atoms with Gasteiger partial charge in [0.05, 0.1) is 18.9 Å². The summed E-state index contributed by atoms with van der Waals surface area (Å²) in [7, 11) is 0. The van der Waals surface area contributed by atoms with Crippen LogP contribution in [0.1, 0.15) is 31.0 Å². The van der Waals surface area contributed by atoms with Crippen LogP contribution in [0.4, 0.5) is 0 Å². The van der Waals surface area contributed by atoms with Crippen molar-refractivity contribution in [3.8, 4) is 5.75 Å². The van der Waals surface area contributed by atoms with Crippen LogP contribution >= 0.6 is 15.9 Å². The van der Waals surface area contributed by atoms with Crippen molar-refractivity contribution in [2.45, 2.75) is 19.9 Å². The van der Waals surface area contributed by atoms with Crippen molar-refractivity contribution in [1.29, 1.82) is 0 Å².